The van der Waals surface area contributed by atoms with Crippen molar-refractivity contribution in [3.05, 3.63) is 24.3 Å². The van der Waals surface area contributed by atoms with Crippen molar-refractivity contribution in [2.24, 2.45) is 0 Å². The lowest BCUT2D eigenvalue weighted by molar-refractivity contribution is -0.121. The van der Waals surface area contributed by atoms with E-state index >= 15 is 0 Å². The summed E-state index contributed by atoms with van der Waals surface area (Å²) in [5.74, 6) is 0.379. The molecule has 0 amide bonds. The molecule has 6 heteroatoms. The van der Waals surface area contributed by atoms with Gasteiger partial charge in [-0.2, -0.15) is 8.42 Å². The highest BCUT2D eigenvalue weighted by molar-refractivity contribution is 7.86. The standard InChI is InChI=1S/C18H28O5S/c1-3-4-5-6-7-8-9-10-16(19)15-23-24(20,21)18-13-11-17(22-2)12-14-18/h11-14H,3-10,15H2,1-2H3. The molecule has 0 atom stereocenters. The van der Waals surface area contributed by atoms with Crippen LogP contribution < -0.4 is 4.74 Å². The molecule has 136 valence electrons. The first kappa shape index (κ1) is 20.6. The van der Waals surface area contributed by atoms with E-state index in [4.69, 9.17) is 8.92 Å². The summed E-state index contributed by atoms with van der Waals surface area (Å²) >= 11 is 0. The second-order valence-corrected chi connectivity index (χ2v) is 7.42. The quantitative estimate of drug-likeness (QED) is 0.393. The van der Waals surface area contributed by atoms with Crippen molar-refractivity contribution >= 4 is 15.9 Å². The topological polar surface area (TPSA) is 69.7 Å². The maximum atomic E-state index is 12.0. The van der Waals surface area contributed by atoms with E-state index in [0.717, 1.165) is 19.3 Å². The van der Waals surface area contributed by atoms with E-state index in [0.29, 0.717) is 12.2 Å². The molecule has 0 aliphatic rings. The van der Waals surface area contributed by atoms with Crippen molar-refractivity contribution in [2.45, 2.75) is 63.2 Å². The number of hydrogen-bond donors (Lipinski definition) is 0. The van der Waals surface area contributed by atoms with Gasteiger partial charge in [-0.3, -0.25) is 8.98 Å². The Labute approximate surface area is 145 Å². The molecule has 0 saturated carbocycles. The van der Waals surface area contributed by atoms with Gasteiger partial charge in [-0.05, 0) is 30.7 Å². The first-order chi connectivity index (χ1) is 11.5. The summed E-state index contributed by atoms with van der Waals surface area (Å²) in [6, 6.07) is 5.87. The van der Waals surface area contributed by atoms with Crippen LogP contribution in [0.1, 0.15) is 58.3 Å². The van der Waals surface area contributed by atoms with E-state index < -0.39 is 16.7 Å². The number of ketones is 1. The summed E-state index contributed by atoms with van der Waals surface area (Å²) in [5.41, 5.74) is 0. The zero-order valence-electron chi connectivity index (χ0n) is 14.6. The van der Waals surface area contributed by atoms with Gasteiger partial charge in [0.15, 0.2) is 5.78 Å². The molecular weight excluding hydrogens is 328 g/mol. The van der Waals surface area contributed by atoms with Crippen molar-refractivity contribution in [3.8, 4) is 5.75 Å². The molecule has 1 aromatic rings. The minimum absolute atomic E-state index is 0.0204. The predicted octanol–water partition coefficient (Wildman–Crippen LogP) is 4.11. The van der Waals surface area contributed by atoms with Crippen LogP contribution in [0.4, 0.5) is 0 Å². The Morgan fingerprint density at radius 1 is 0.958 bits per heavy atom. The Hall–Kier alpha value is -1.40. The lowest BCUT2D eigenvalue weighted by Gasteiger charge is -2.06. The largest absolute Gasteiger partial charge is 0.497 e. The fourth-order valence-electron chi connectivity index (χ4n) is 2.31. The van der Waals surface area contributed by atoms with Gasteiger partial charge >= 0.3 is 0 Å². The first-order valence-electron chi connectivity index (χ1n) is 8.54. The average Bonchev–Trinajstić information content (AvgIpc) is 2.59. The highest BCUT2D eigenvalue weighted by Crippen LogP contribution is 2.17. The molecule has 1 aromatic carbocycles. The molecule has 0 unspecified atom stereocenters. The van der Waals surface area contributed by atoms with Gasteiger partial charge in [0.1, 0.15) is 12.4 Å². The minimum Gasteiger partial charge on any atom is -0.497 e. The first-order valence-corrected chi connectivity index (χ1v) is 9.95. The molecule has 0 heterocycles. The van der Waals surface area contributed by atoms with Crippen LogP contribution in [0, 0.1) is 0 Å². The molecule has 0 aliphatic heterocycles. The van der Waals surface area contributed by atoms with E-state index in [1.165, 1.54) is 57.1 Å². The van der Waals surface area contributed by atoms with Crippen molar-refractivity contribution < 1.29 is 22.1 Å². The number of unbranched alkanes of at least 4 members (excludes halogenated alkanes) is 6. The van der Waals surface area contributed by atoms with Crippen LogP contribution in [-0.2, 0) is 19.1 Å². The number of carbonyl (C=O) groups is 1. The summed E-state index contributed by atoms with van der Waals surface area (Å²) in [5, 5.41) is 0. The Morgan fingerprint density at radius 2 is 1.54 bits per heavy atom. The Bertz CT molecular complexity index is 578. The summed E-state index contributed by atoms with van der Waals surface area (Å²) in [6.45, 7) is 1.78. The number of rotatable bonds is 13. The molecule has 0 aliphatic carbocycles. The highest BCUT2D eigenvalue weighted by atomic mass is 32.2. The smallest absolute Gasteiger partial charge is 0.297 e. The Balaban J connectivity index is 2.27. The number of benzene rings is 1. The van der Waals surface area contributed by atoms with Crippen LogP contribution in [-0.4, -0.2) is 27.9 Å². The van der Waals surface area contributed by atoms with E-state index in [-0.39, 0.29) is 10.7 Å². The third-order valence-corrected chi connectivity index (χ3v) is 5.06. The monoisotopic (exact) mass is 356 g/mol. The molecule has 0 bridgehead atoms. The van der Waals surface area contributed by atoms with Gasteiger partial charge in [-0.25, -0.2) is 0 Å². The summed E-state index contributed by atoms with van der Waals surface area (Å²) in [6.07, 6.45) is 8.20. The van der Waals surface area contributed by atoms with E-state index in [9.17, 15) is 13.2 Å². The summed E-state index contributed by atoms with van der Waals surface area (Å²) in [4.78, 5) is 11.8. The molecule has 0 fully saturated rings. The van der Waals surface area contributed by atoms with E-state index in [1.54, 1.807) is 0 Å². The highest BCUT2D eigenvalue weighted by Gasteiger charge is 2.17. The average molecular weight is 356 g/mol. The van der Waals surface area contributed by atoms with Crippen molar-refractivity contribution in [1.29, 1.82) is 0 Å². The van der Waals surface area contributed by atoms with Crippen molar-refractivity contribution in [1.82, 2.24) is 0 Å². The molecule has 1 rings (SSSR count). The van der Waals surface area contributed by atoms with Gasteiger partial charge in [0.25, 0.3) is 10.1 Å². The fourth-order valence-corrected chi connectivity index (χ4v) is 3.20. The maximum Gasteiger partial charge on any atom is 0.297 e. The van der Waals surface area contributed by atoms with Crippen LogP contribution >= 0.6 is 0 Å². The molecule has 0 saturated heterocycles. The number of carbonyl (C=O) groups excluding carboxylic acids is 1. The molecule has 5 nitrogen and oxygen atoms in total. The zero-order valence-corrected chi connectivity index (χ0v) is 15.4. The fraction of sp³-hybridized carbons (Fsp3) is 0.611. The van der Waals surface area contributed by atoms with Gasteiger partial charge in [0.05, 0.1) is 12.0 Å². The lowest BCUT2D eigenvalue weighted by Crippen LogP contribution is -2.14. The third-order valence-electron chi connectivity index (χ3n) is 3.78. The number of hydrogen-bond acceptors (Lipinski definition) is 5. The second-order valence-electron chi connectivity index (χ2n) is 5.80. The van der Waals surface area contributed by atoms with E-state index in [1.807, 2.05) is 0 Å². The normalized spacial score (nSPS) is 11.4. The van der Waals surface area contributed by atoms with Crippen molar-refractivity contribution in [3.63, 3.8) is 0 Å². The number of methoxy groups -OCH3 is 1. The molecule has 0 spiro atoms. The predicted molar refractivity (Wildman–Crippen MR) is 93.7 cm³/mol. The van der Waals surface area contributed by atoms with Gasteiger partial charge < -0.3 is 4.74 Å². The van der Waals surface area contributed by atoms with E-state index in [2.05, 4.69) is 6.92 Å². The summed E-state index contributed by atoms with van der Waals surface area (Å²) < 4.78 is 33.8. The minimum atomic E-state index is -3.90. The Kier molecular flexibility index (Phi) is 9.64. The molecule has 0 N–H and O–H groups in total. The second kappa shape index (κ2) is 11.2. The van der Waals surface area contributed by atoms with Gasteiger partial charge in [-0.1, -0.05) is 45.4 Å². The van der Waals surface area contributed by atoms with Crippen LogP contribution in [0.5, 0.6) is 5.75 Å². The number of ether oxygens (including phenoxy) is 1. The van der Waals surface area contributed by atoms with Gasteiger partial charge in [0.2, 0.25) is 0 Å². The third kappa shape index (κ3) is 7.93. The maximum absolute atomic E-state index is 12.0. The molecule has 0 aromatic heterocycles. The van der Waals surface area contributed by atoms with Gasteiger partial charge in [0, 0.05) is 6.42 Å². The van der Waals surface area contributed by atoms with Crippen LogP contribution in [0.3, 0.4) is 0 Å². The van der Waals surface area contributed by atoms with Gasteiger partial charge in [-0.15, -0.1) is 0 Å². The Morgan fingerprint density at radius 3 is 2.12 bits per heavy atom. The number of Topliss-reactive ketones (excluding diaryl/α,β-unsaturated/α-hetero) is 1. The molecule has 0 radical (unpaired) electrons. The zero-order chi connectivity index (χ0) is 17.8. The van der Waals surface area contributed by atoms with Crippen LogP contribution in [0.2, 0.25) is 0 Å². The SMILES string of the molecule is CCCCCCCCCC(=O)COS(=O)(=O)c1ccc(OC)cc1. The van der Waals surface area contributed by atoms with Crippen LogP contribution in [0.15, 0.2) is 29.2 Å². The lowest BCUT2D eigenvalue weighted by atomic mass is 10.1. The van der Waals surface area contributed by atoms with Crippen molar-refractivity contribution in [2.75, 3.05) is 13.7 Å². The molecular formula is C18H28O5S. The summed E-state index contributed by atoms with van der Waals surface area (Å²) in [7, 11) is -2.40. The van der Waals surface area contributed by atoms with Crippen LogP contribution in [0.25, 0.3) is 0 Å². The molecule has 24 heavy (non-hydrogen) atoms.